The van der Waals surface area contributed by atoms with Crippen molar-refractivity contribution >= 4 is 35.6 Å². The van der Waals surface area contributed by atoms with Crippen LogP contribution in [0.1, 0.15) is 26.2 Å². The summed E-state index contributed by atoms with van der Waals surface area (Å²) in [6, 6.07) is -3.43. The molecule has 0 aromatic rings. The summed E-state index contributed by atoms with van der Waals surface area (Å²) in [4.78, 5) is 62.0. The molecule has 0 saturated heterocycles. The second-order valence-corrected chi connectivity index (χ2v) is 6.14. The van der Waals surface area contributed by atoms with E-state index in [1.807, 2.05) is 5.32 Å². The molecule has 3 unspecified atom stereocenters. The molecule has 0 aliphatic rings. The molecular weight excluding hydrogens is 388 g/mol. The van der Waals surface area contributed by atoms with Gasteiger partial charge in [0.15, 0.2) is 5.96 Å². The van der Waals surface area contributed by atoms with E-state index in [9.17, 15) is 24.0 Å². The van der Waals surface area contributed by atoms with Gasteiger partial charge >= 0.3 is 5.97 Å². The summed E-state index contributed by atoms with van der Waals surface area (Å²) in [5.74, 6) is -4.68. The van der Waals surface area contributed by atoms with Gasteiger partial charge in [-0.2, -0.15) is 0 Å². The molecule has 0 aromatic heterocycles. The molecular formula is C15H28N8O6. The minimum atomic E-state index is -1.42. The van der Waals surface area contributed by atoms with Gasteiger partial charge in [0.2, 0.25) is 23.6 Å². The van der Waals surface area contributed by atoms with Crippen LogP contribution in [0.25, 0.3) is 0 Å². The molecule has 164 valence electrons. The third kappa shape index (κ3) is 11.8. The van der Waals surface area contributed by atoms with Gasteiger partial charge in [0.25, 0.3) is 0 Å². The molecule has 0 aliphatic carbocycles. The van der Waals surface area contributed by atoms with Gasteiger partial charge in [-0.1, -0.05) is 0 Å². The van der Waals surface area contributed by atoms with Crippen LogP contribution in [-0.4, -0.2) is 71.9 Å². The smallest absolute Gasteiger partial charge is 0.322 e. The zero-order valence-corrected chi connectivity index (χ0v) is 16.0. The second kappa shape index (κ2) is 12.9. The average molecular weight is 416 g/mol. The van der Waals surface area contributed by atoms with Crippen molar-refractivity contribution in [1.82, 2.24) is 16.0 Å². The fourth-order valence-electron chi connectivity index (χ4n) is 2.04. The summed E-state index contributed by atoms with van der Waals surface area (Å²) in [6.45, 7) is 0.885. The van der Waals surface area contributed by atoms with Gasteiger partial charge in [-0.15, -0.1) is 0 Å². The van der Waals surface area contributed by atoms with Gasteiger partial charge in [0.1, 0.15) is 18.6 Å². The number of aliphatic carboxylic acids is 1. The number of carbonyl (C=O) groups is 5. The van der Waals surface area contributed by atoms with Crippen LogP contribution in [0.5, 0.6) is 0 Å². The van der Waals surface area contributed by atoms with Crippen molar-refractivity contribution in [2.75, 3.05) is 13.1 Å². The summed E-state index contributed by atoms with van der Waals surface area (Å²) in [7, 11) is 0. The maximum Gasteiger partial charge on any atom is 0.322 e. The summed E-state index contributed by atoms with van der Waals surface area (Å²) < 4.78 is 0. The molecule has 0 aromatic carbocycles. The van der Waals surface area contributed by atoms with Crippen LogP contribution in [0.2, 0.25) is 0 Å². The zero-order chi connectivity index (χ0) is 22.6. The van der Waals surface area contributed by atoms with Gasteiger partial charge in [-0.3, -0.25) is 29.0 Å². The number of nitrogens with two attached hydrogens (primary N) is 4. The quantitative estimate of drug-likeness (QED) is 0.0814. The maximum absolute atomic E-state index is 12.6. The number of hydrogen-bond acceptors (Lipinski definition) is 7. The van der Waals surface area contributed by atoms with Crippen molar-refractivity contribution in [2.45, 2.75) is 44.3 Å². The SMILES string of the molecule is CC(N)C(=O)NC(CCCN=C(N)N)C(=O)NC(CC(N)=O)C(=O)NCC(=O)O. The van der Waals surface area contributed by atoms with Crippen molar-refractivity contribution in [1.29, 1.82) is 0 Å². The number of carboxylic acids is 1. The molecule has 0 spiro atoms. The first-order valence-electron chi connectivity index (χ1n) is 8.63. The topological polar surface area (TPSA) is 258 Å². The zero-order valence-electron chi connectivity index (χ0n) is 16.0. The number of aliphatic imine (C=N–C) groups is 1. The Morgan fingerprint density at radius 3 is 2.03 bits per heavy atom. The number of carbonyl (C=O) groups excluding carboxylic acids is 4. The van der Waals surface area contributed by atoms with Crippen molar-refractivity contribution in [3.63, 3.8) is 0 Å². The highest BCUT2D eigenvalue weighted by atomic mass is 16.4. The minimum absolute atomic E-state index is 0.0983. The Morgan fingerprint density at radius 1 is 0.966 bits per heavy atom. The highest BCUT2D eigenvalue weighted by molar-refractivity contribution is 5.95. The Labute approximate surface area is 166 Å². The lowest BCUT2D eigenvalue weighted by atomic mass is 10.1. The third-order valence-corrected chi connectivity index (χ3v) is 3.44. The number of hydrogen-bond donors (Lipinski definition) is 8. The third-order valence-electron chi connectivity index (χ3n) is 3.44. The van der Waals surface area contributed by atoms with Crippen LogP contribution in [0.4, 0.5) is 0 Å². The molecule has 0 saturated carbocycles. The van der Waals surface area contributed by atoms with E-state index >= 15 is 0 Å². The molecule has 3 atom stereocenters. The van der Waals surface area contributed by atoms with E-state index in [0.29, 0.717) is 6.42 Å². The number of nitrogens with one attached hydrogen (secondary N) is 3. The summed E-state index contributed by atoms with van der Waals surface area (Å²) >= 11 is 0. The van der Waals surface area contributed by atoms with Gasteiger partial charge in [0.05, 0.1) is 12.5 Å². The molecule has 0 radical (unpaired) electrons. The molecule has 29 heavy (non-hydrogen) atoms. The van der Waals surface area contributed by atoms with Gasteiger partial charge in [-0.25, -0.2) is 0 Å². The standard InChI is InChI=1S/C15H28N8O6/c1-7(16)12(27)22-8(3-2-4-20-15(18)19)14(29)23-9(5-10(17)24)13(28)21-6-11(25)26/h7-9H,2-6,16H2,1H3,(H2,17,24)(H,21,28)(H,22,27)(H,23,29)(H,25,26)(H4,18,19,20). The predicted molar refractivity (Wildman–Crippen MR) is 102 cm³/mol. The lowest BCUT2D eigenvalue weighted by molar-refractivity contribution is -0.138. The normalized spacial score (nSPS) is 13.3. The van der Waals surface area contributed by atoms with Gasteiger partial charge < -0.3 is 44.0 Å². The average Bonchev–Trinajstić information content (AvgIpc) is 2.60. The number of amides is 4. The number of primary amides is 1. The molecule has 4 amide bonds. The first-order valence-corrected chi connectivity index (χ1v) is 8.63. The van der Waals surface area contributed by atoms with E-state index in [1.54, 1.807) is 0 Å². The molecule has 0 bridgehead atoms. The fraction of sp³-hybridized carbons (Fsp3) is 0.600. The van der Waals surface area contributed by atoms with E-state index < -0.39 is 60.7 Å². The molecule has 0 aliphatic heterocycles. The molecule has 0 heterocycles. The Hall–Kier alpha value is -3.42. The van der Waals surface area contributed by atoms with Crippen molar-refractivity contribution in [3.8, 4) is 0 Å². The van der Waals surface area contributed by atoms with Crippen LogP contribution in [-0.2, 0) is 24.0 Å². The Kier molecular flexibility index (Phi) is 11.4. The first kappa shape index (κ1) is 25.6. The van der Waals surface area contributed by atoms with Crippen LogP contribution in [0, 0.1) is 0 Å². The van der Waals surface area contributed by atoms with Crippen molar-refractivity contribution in [2.24, 2.45) is 27.9 Å². The monoisotopic (exact) mass is 416 g/mol. The summed E-state index contributed by atoms with van der Waals surface area (Å²) in [5.41, 5.74) is 21.0. The lowest BCUT2D eigenvalue weighted by Crippen LogP contribution is -2.56. The van der Waals surface area contributed by atoms with E-state index in [-0.39, 0.29) is 18.9 Å². The van der Waals surface area contributed by atoms with E-state index in [0.717, 1.165) is 0 Å². The molecule has 14 nitrogen and oxygen atoms in total. The van der Waals surface area contributed by atoms with Crippen LogP contribution in [0.15, 0.2) is 4.99 Å². The van der Waals surface area contributed by atoms with E-state index in [2.05, 4.69) is 15.6 Å². The molecule has 14 heteroatoms. The summed E-state index contributed by atoms with van der Waals surface area (Å²) in [6.07, 6.45) is -0.165. The van der Waals surface area contributed by atoms with Crippen LogP contribution < -0.4 is 38.9 Å². The van der Waals surface area contributed by atoms with Crippen LogP contribution in [0.3, 0.4) is 0 Å². The highest BCUT2D eigenvalue weighted by Gasteiger charge is 2.28. The Bertz CT molecular complexity index is 647. The number of carboxylic acid groups (broad SMARTS) is 1. The number of guanidine groups is 1. The van der Waals surface area contributed by atoms with Gasteiger partial charge in [-0.05, 0) is 19.8 Å². The largest absolute Gasteiger partial charge is 0.480 e. The van der Waals surface area contributed by atoms with E-state index in [4.69, 9.17) is 28.0 Å². The molecule has 12 N–H and O–H groups in total. The first-order chi connectivity index (χ1) is 13.4. The Balaban J connectivity index is 5.21. The second-order valence-electron chi connectivity index (χ2n) is 6.14. The fourth-order valence-corrected chi connectivity index (χ4v) is 2.04. The molecule has 0 fully saturated rings. The van der Waals surface area contributed by atoms with Crippen molar-refractivity contribution < 1.29 is 29.1 Å². The lowest BCUT2D eigenvalue weighted by Gasteiger charge is -2.23. The summed E-state index contributed by atoms with van der Waals surface area (Å²) in [5, 5.41) is 15.4. The highest BCUT2D eigenvalue weighted by Crippen LogP contribution is 2.02. The van der Waals surface area contributed by atoms with Crippen molar-refractivity contribution in [3.05, 3.63) is 0 Å². The van der Waals surface area contributed by atoms with E-state index in [1.165, 1.54) is 6.92 Å². The number of nitrogens with zero attached hydrogens (tertiary/aromatic N) is 1. The predicted octanol–water partition coefficient (Wildman–Crippen LogP) is -4.57. The van der Waals surface area contributed by atoms with Crippen LogP contribution >= 0.6 is 0 Å². The Morgan fingerprint density at radius 2 is 1.55 bits per heavy atom. The minimum Gasteiger partial charge on any atom is -0.480 e. The molecule has 0 rings (SSSR count). The number of rotatable bonds is 13. The van der Waals surface area contributed by atoms with Gasteiger partial charge in [0, 0.05) is 6.54 Å². The maximum atomic E-state index is 12.6.